The van der Waals surface area contributed by atoms with Gasteiger partial charge in [-0.3, -0.25) is 5.84 Å². The Bertz CT molecular complexity index is 150. The van der Waals surface area contributed by atoms with Crippen molar-refractivity contribution in [1.82, 2.24) is 5.01 Å². The van der Waals surface area contributed by atoms with Gasteiger partial charge < -0.3 is 0 Å². The summed E-state index contributed by atoms with van der Waals surface area (Å²) in [4.78, 5) is 0. The van der Waals surface area contributed by atoms with Crippen LogP contribution in [0, 0.1) is 17.2 Å². The van der Waals surface area contributed by atoms with Crippen molar-refractivity contribution >= 4 is 0 Å². The van der Waals surface area contributed by atoms with Crippen molar-refractivity contribution in [2.24, 2.45) is 11.8 Å². The normalized spacial score (nSPS) is 27.5. The smallest absolute Gasteiger partial charge is 0.0624 e. The minimum absolute atomic E-state index is 0.591. The molecule has 62 valence electrons. The van der Waals surface area contributed by atoms with Gasteiger partial charge in [0.1, 0.15) is 0 Å². The van der Waals surface area contributed by atoms with Crippen LogP contribution < -0.4 is 5.84 Å². The molecule has 1 fully saturated rings. The second kappa shape index (κ2) is 4.32. The molecule has 0 aromatic heterocycles. The highest BCUT2D eigenvalue weighted by Gasteiger charge is 2.13. The van der Waals surface area contributed by atoms with Crippen LogP contribution in [0.2, 0.25) is 0 Å². The van der Waals surface area contributed by atoms with Gasteiger partial charge in [0.15, 0.2) is 0 Å². The Morgan fingerprint density at radius 1 is 1.45 bits per heavy atom. The largest absolute Gasteiger partial charge is 0.269 e. The number of nitrogens with zero attached hydrogens (tertiary/aromatic N) is 2. The van der Waals surface area contributed by atoms with Gasteiger partial charge in [0.25, 0.3) is 0 Å². The van der Waals surface area contributed by atoms with Crippen molar-refractivity contribution in [2.75, 3.05) is 13.1 Å². The molecule has 1 heterocycles. The maximum absolute atomic E-state index is 8.48. The van der Waals surface area contributed by atoms with Crippen LogP contribution in [-0.4, -0.2) is 18.1 Å². The summed E-state index contributed by atoms with van der Waals surface area (Å²) in [5.41, 5.74) is 0. The van der Waals surface area contributed by atoms with Gasteiger partial charge in [-0.25, -0.2) is 5.01 Å². The van der Waals surface area contributed by atoms with E-state index in [9.17, 15) is 0 Å². The zero-order valence-electron chi connectivity index (χ0n) is 6.79. The van der Waals surface area contributed by atoms with E-state index in [1.807, 2.05) is 5.01 Å². The maximum atomic E-state index is 8.48. The van der Waals surface area contributed by atoms with E-state index in [2.05, 4.69) is 6.07 Å². The topological polar surface area (TPSA) is 53.0 Å². The first-order valence-corrected chi connectivity index (χ1v) is 4.19. The number of nitriles is 1. The minimum Gasteiger partial charge on any atom is -0.269 e. The van der Waals surface area contributed by atoms with Gasteiger partial charge in [-0.2, -0.15) is 5.26 Å². The lowest BCUT2D eigenvalue weighted by Crippen LogP contribution is -2.31. The van der Waals surface area contributed by atoms with Crippen molar-refractivity contribution in [2.45, 2.75) is 25.7 Å². The second-order valence-electron chi connectivity index (χ2n) is 3.20. The molecule has 0 radical (unpaired) electrons. The third-order valence-electron chi connectivity index (χ3n) is 2.26. The van der Waals surface area contributed by atoms with Crippen LogP contribution >= 0.6 is 0 Å². The lowest BCUT2D eigenvalue weighted by atomic mass is 9.98. The minimum atomic E-state index is 0.591. The zero-order valence-corrected chi connectivity index (χ0v) is 6.79. The van der Waals surface area contributed by atoms with E-state index in [1.165, 1.54) is 6.42 Å². The van der Waals surface area contributed by atoms with Gasteiger partial charge in [-0.15, -0.1) is 0 Å². The maximum Gasteiger partial charge on any atom is 0.0624 e. The Labute approximate surface area is 67.8 Å². The molecule has 11 heavy (non-hydrogen) atoms. The number of hydrogen-bond donors (Lipinski definition) is 1. The SMILES string of the molecule is N#CCC1CCCN(N)CC1. The monoisotopic (exact) mass is 153 g/mol. The van der Waals surface area contributed by atoms with E-state index < -0.39 is 0 Å². The molecule has 0 aromatic rings. The average Bonchev–Trinajstić information content (AvgIpc) is 2.17. The molecule has 1 saturated heterocycles. The Morgan fingerprint density at radius 3 is 3.00 bits per heavy atom. The summed E-state index contributed by atoms with van der Waals surface area (Å²) < 4.78 is 0. The van der Waals surface area contributed by atoms with Crippen molar-refractivity contribution in [3.63, 3.8) is 0 Å². The van der Waals surface area contributed by atoms with Gasteiger partial charge in [-0.1, -0.05) is 0 Å². The third kappa shape index (κ3) is 2.87. The van der Waals surface area contributed by atoms with Crippen LogP contribution in [0.1, 0.15) is 25.7 Å². The predicted octanol–water partition coefficient (Wildman–Crippen LogP) is 0.876. The fourth-order valence-corrected chi connectivity index (χ4v) is 1.52. The molecule has 2 N–H and O–H groups in total. The van der Waals surface area contributed by atoms with Crippen LogP contribution in [0.3, 0.4) is 0 Å². The molecule has 1 aliphatic rings. The third-order valence-corrected chi connectivity index (χ3v) is 2.26. The van der Waals surface area contributed by atoms with Crippen molar-refractivity contribution in [3.8, 4) is 6.07 Å². The standard InChI is InChI=1S/C8H15N3/c9-5-3-8-2-1-6-11(10)7-4-8/h8H,1-4,6-7,10H2. The average molecular weight is 153 g/mol. The summed E-state index contributed by atoms with van der Waals surface area (Å²) in [6.07, 6.45) is 4.10. The second-order valence-corrected chi connectivity index (χ2v) is 3.20. The molecule has 0 saturated carbocycles. The molecule has 3 heteroatoms. The van der Waals surface area contributed by atoms with E-state index in [1.54, 1.807) is 0 Å². The summed E-state index contributed by atoms with van der Waals surface area (Å²) in [7, 11) is 0. The quantitative estimate of drug-likeness (QED) is 0.569. The lowest BCUT2D eigenvalue weighted by molar-refractivity contribution is 0.291. The van der Waals surface area contributed by atoms with E-state index in [0.29, 0.717) is 12.3 Å². The number of hydrazine groups is 1. The van der Waals surface area contributed by atoms with E-state index in [0.717, 1.165) is 25.9 Å². The summed E-state index contributed by atoms with van der Waals surface area (Å²) in [6, 6.07) is 2.22. The Balaban J connectivity index is 2.29. The van der Waals surface area contributed by atoms with Crippen molar-refractivity contribution in [1.29, 1.82) is 5.26 Å². The first kappa shape index (κ1) is 8.51. The van der Waals surface area contributed by atoms with Crippen molar-refractivity contribution < 1.29 is 0 Å². The van der Waals surface area contributed by atoms with Gasteiger partial charge in [0.2, 0.25) is 0 Å². The van der Waals surface area contributed by atoms with E-state index in [4.69, 9.17) is 11.1 Å². The highest BCUT2D eigenvalue weighted by atomic mass is 15.4. The summed E-state index contributed by atoms with van der Waals surface area (Å²) in [6.45, 7) is 1.94. The first-order chi connectivity index (χ1) is 5.33. The Kier molecular flexibility index (Phi) is 3.34. The summed E-state index contributed by atoms with van der Waals surface area (Å²) in [5, 5.41) is 10.3. The number of nitrogens with two attached hydrogens (primary N) is 1. The Morgan fingerprint density at radius 2 is 2.27 bits per heavy atom. The number of hydrogen-bond acceptors (Lipinski definition) is 3. The fraction of sp³-hybridized carbons (Fsp3) is 0.875. The first-order valence-electron chi connectivity index (χ1n) is 4.19. The van der Waals surface area contributed by atoms with Gasteiger partial charge in [0.05, 0.1) is 6.07 Å². The van der Waals surface area contributed by atoms with E-state index >= 15 is 0 Å². The molecular formula is C8H15N3. The van der Waals surface area contributed by atoms with E-state index in [-0.39, 0.29) is 0 Å². The highest BCUT2D eigenvalue weighted by molar-refractivity contribution is 4.78. The zero-order chi connectivity index (χ0) is 8.10. The molecule has 1 aliphatic heterocycles. The lowest BCUT2D eigenvalue weighted by Gasteiger charge is -2.11. The molecule has 0 bridgehead atoms. The van der Waals surface area contributed by atoms with Crippen LogP contribution in [0.4, 0.5) is 0 Å². The molecular weight excluding hydrogens is 138 g/mol. The summed E-state index contributed by atoms with van der Waals surface area (Å²) in [5.74, 6) is 6.23. The number of rotatable bonds is 1. The predicted molar refractivity (Wildman–Crippen MR) is 43.3 cm³/mol. The highest BCUT2D eigenvalue weighted by Crippen LogP contribution is 2.18. The Hall–Kier alpha value is -0.590. The van der Waals surface area contributed by atoms with Crippen molar-refractivity contribution in [3.05, 3.63) is 0 Å². The molecule has 0 aromatic carbocycles. The molecule has 1 unspecified atom stereocenters. The molecule has 0 amide bonds. The van der Waals surface area contributed by atoms with Crippen LogP contribution in [0.25, 0.3) is 0 Å². The molecule has 0 spiro atoms. The van der Waals surface area contributed by atoms with Gasteiger partial charge >= 0.3 is 0 Å². The molecule has 0 aliphatic carbocycles. The fourth-order valence-electron chi connectivity index (χ4n) is 1.52. The van der Waals surface area contributed by atoms with Crippen LogP contribution in [0.5, 0.6) is 0 Å². The van der Waals surface area contributed by atoms with Crippen LogP contribution in [0.15, 0.2) is 0 Å². The van der Waals surface area contributed by atoms with Gasteiger partial charge in [-0.05, 0) is 25.2 Å². The molecule has 1 atom stereocenters. The van der Waals surface area contributed by atoms with Crippen LogP contribution in [-0.2, 0) is 0 Å². The van der Waals surface area contributed by atoms with Gasteiger partial charge in [0, 0.05) is 19.5 Å². The summed E-state index contributed by atoms with van der Waals surface area (Å²) >= 11 is 0. The molecule has 3 nitrogen and oxygen atoms in total. The molecule has 1 rings (SSSR count).